The summed E-state index contributed by atoms with van der Waals surface area (Å²) in [5.74, 6) is -2.32. The molecule has 5 atom stereocenters. The van der Waals surface area contributed by atoms with E-state index in [9.17, 15) is 19.6 Å². The van der Waals surface area contributed by atoms with E-state index in [0.29, 0.717) is 0 Å². The fourth-order valence-electron chi connectivity index (χ4n) is 5.83. The van der Waals surface area contributed by atoms with Crippen molar-refractivity contribution in [1.29, 1.82) is 5.26 Å². The normalized spacial score (nSPS) is 44.5. The minimum absolute atomic E-state index is 0.0628. The molecule has 0 radical (unpaired) electrons. The van der Waals surface area contributed by atoms with Gasteiger partial charge in [0.2, 0.25) is 0 Å². The molecule has 3 saturated carbocycles. The number of hydrogen-bond donors (Lipinski definition) is 0. The molecule has 4 bridgehead atoms. The third-order valence-electron chi connectivity index (χ3n) is 6.44. The molecule has 0 amide bonds. The Labute approximate surface area is 135 Å². The lowest BCUT2D eigenvalue weighted by atomic mass is 9.53. The second-order valence-corrected chi connectivity index (χ2v) is 7.22. The molecule has 0 saturated heterocycles. The van der Waals surface area contributed by atoms with Gasteiger partial charge in [0, 0.05) is 19.4 Å². The number of nitrogens with zero attached hydrogens (tertiary/aromatic N) is 1. The number of hydrogen-bond acceptors (Lipinski definition) is 6. The van der Waals surface area contributed by atoms with Crippen molar-refractivity contribution >= 4 is 17.5 Å². The highest BCUT2D eigenvalue weighted by atomic mass is 16.5. The molecule has 3 rings (SSSR count). The zero-order valence-corrected chi connectivity index (χ0v) is 13.8. The van der Waals surface area contributed by atoms with Crippen LogP contribution in [-0.4, -0.2) is 37.4 Å². The first-order valence-corrected chi connectivity index (χ1v) is 7.92. The number of nitriles is 1. The van der Waals surface area contributed by atoms with Gasteiger partial charge in [-0.05, 0) is 18.8 Å². The van der Waals surface area contributed by atoms with Crippen LogP contribution in [0.3, 0.4) is 0 Å². The molecule has 0 aromatic rings. The minimum atomic E-state index is -1.44. The Bertz CT molecular complexity index is 650. The molecule has 3 aliphatic rings. The van der Waals surface area contributed by atoms with E-state index in [2.05, 4.69) is 6.07 Å². The first-order chi connectivity index (χ1) is 10.8. The Hall–Kier alpha value is -1.74. The van der Waals surface area contributed by atoms with E-state index in [1.165, 1.54) is 14.2 Å². The SMILES string of the molecule is COC(=O)[C@@]12CCC(=O)[C@@]3(C#N)C[C@@H]1C(=O)C(C(C)C)[C@@]23OC. The fraction of sp³-hybridized carbons (Fsp3) is 0.765. The van der Waals surface area contributed by atoms with Gasteiger partial charge >= 0.3 is 5.97 Å². The molecule has 0 N–H and O–H groups in total. The molecule has 6 heteroatoms. The molecule has 1 unspecified atom stereocenters. The molecule has 0 aliphatic heterocycles. The van der Waals surface area contributed by atoms with Gasteiger partial charge in [0.1, 0.15) is 22.2 Å². The number of rotatable bonds is 3. The lowest BCUT2D eigenvalue weighted by Gasteiger charge is -2.52. The Kier molecular flexibility index (Phi) is 3.25. The summed E-state index contributed by atoms with van der Waals surface area (Å²) >= 11 is 0. The maximum absolute atomic E-state index is 13.0. The van der Waals surface area contributed by atoms with Gasteiger partial charge in [0.05, 0.1) is 19.1 Å². The molecular formula is C17H21NO5. The second-order valence-electron chi connectivity index (χ2n) is 7.22. The summed E-state index contributed by atoms with van der Waals surface area (Å²) in [6, 6.07) is 2.16. The number of methoxy groups -OCH3 is 2. The molecular weight excluding hydrogens is 298 g/mol. The van der Waals surface area contributed by atoms with E-state index < -0.39 is 34.2 Å². The standard InChI is InChI=1S/C17H21NO5/c1-9(2)12-13(20)10-7-15(8-18)11(19)5-6-16(10,14(21)22-3)17(12,15)23-4/h9-10,12H,5-7H2,1-4H3/t10-,12?,15+,16-,17+/m1/s1. The van der Waals surface area contributed by atoms with Crippen molar-refractivity contribution in [3.63, 3.8) is 0 Å². The van der Waals surface area contributed by atoms with Gasteiger partial charge in [-0.1, -0.05) is 13.8 Å². The molecule has 0 aromatic carbocycles. The van der Waals surface area contributed by atoms with E-state index in [0.717, 1.165) is 0 Å². The van der Waals surface area contributed by atoms with Crippen LogP contribution in [0.25, 0.3) is 0 Å². The van der Waals surface area contributed by atoms with Crippen molar-refractivity contribution in [2.24, 2.45) is 28.6 Å². The fourth-order valence-corrected chi connectivity index (χ4v) is 5.83. The monoisotopic (exact) mass is 319 g/mol. The van der Waals surface area contributed by atoms with Gasteiger partial charge in [-0.2, -0.15) is 5.26 Å². The van der Waals surface area contributed by atoms with Crippen LogP contribution in [0.5, 0.6) is 0 Å². The first kappa shape index (κ1) is 16.1. The maximum Gasteiger partial charge on any atom is 0.315 e. The lowest BCUT2D eigenvalue weighted by Crippen LogP contribution is -2.67. The predicted octanol–water partition coefficient (Wildman–Crippen LogP) is 1.28. The zero-order valence-electron chi connectivity index (χ0n) is 13.8. The summed E-state index contributed by atoms with van der Waals surface area (Å²) in [6.07, 6.45) is 0.366. The molecule has 3 aliphatic carbocycles. The third-order valence-corrected chi connectivity index (χ3v) is 6.44. The van der Waals surface area contributed by atoms with Crippen molar-refractivity contribution in [3.8, 4) is 6.07 Å². The maximum atomic E-state index is 13.0. The number of carbonyl (C=O) groups is 3. The van der Waals surface area contributed by atoms with Gasteiger partial charge in [-0.3, -0.25) is 14.4 Å². The van der Waals surface area contributed by atoms with Crippen LogP contribution in [-0.2, 0) is 23.9 Å². The van der Waals surface area contributed by atoms with Crippen molar-refractivity contribution in [2.45, 2.75) is 38.7 Å². The largest absolute Gasteiger partial charge is 0.468 e. The van der Waals surface area contributed by atoms with Gasteiger partial charge < -0.3 is 9.47 Å². The number of ketones is 2. The molecule has 6 nitrogen and oxygen atoms in total. The van der Waals surface area contributed by atoms with E-state index >= 15 is 0 Å². The summed E-state index contributed by atoms with van der Waals surface area (Å²) in [6.45, 7) is 3.72. The average molecular weight is 319 g/mol. The molecule has 0 aromatic heterocycles. The Morgan fingerprint density at radius 1 is 1.35 bits per heavy atom. The van der Waals surface area contributed by atoms with Crippen molar-refractivity contribution in [1.82, 2.24) is 0 Å². The second kappa shape index (κ2) is 4.64. The van der Waals surface area contributed by atoms with Crippen LogP contribution in [0.1, 0.15) is 33.1 Å². The van der Waals surface area contributed by atoms with Crippen molar-refractivity contribution in [3.05, 3.63) is 0 Å². The van der Waals surface area contributed by atoms with Gasteiger partial charge in [-0.25, -0.2) is 0 Å². The highest BCUT2D eigenvalue weighted by Gasteiger charge is 2.89. The van der Waals surface area contributed by atoms with Crippen LogP contribution >= 0.6 is 0 Å². The average Bonchev–Trinajstić information content (AvgIpc) is 2.86. The quantitative estimate of drug-likeness (QED) is 0.727. The topological polar surface area (TPSA) is 93.5 Å². The molecule has 124 valence electrons. The highest BCUT2D eigenvalue weighted by molar-refractivity contribution is 6.06. The van der Waals surface area contributed by atoms with Crippen LogP contribution in [0.15, 0.2) is 0 Å². The first-order valence-electron chi connectivity index (χ1n) is 7.92. The van der Waals surface area contributed by atoms with Crippen LogP contribution in [0.2, 0.25) is 0 Å². The smallest absolute Gasteiger partial charge is 0.315 e. The Morgan fingerprint density at radius 3 is 2.48 bits per heavy atom. The molecule has 0 spiro atoms. The predicted molar refractivity (Wildman–Crippen MR) is 77.9 cm³/mol. The summed E-state index contributed by atoms with van der Waals surface area (Å²) in [5.41, 5.74) is -4.10. The third kappa shape index (κ3) is 1.33. The lowest BCUT2D eigenvalue weighted by molar-refractivity contribution is -0.206. The van der Waals surface area contributed by atoms with E-state index in [4.69, 9.17) is 9.47 Å². The van der Waals surface area contributed by atoms with Crippen molar-refractivity contribution in [2.75, 3.05) is 14.2 Å². The summed E-state index contributed by atoms with van der Waals surface area (Å²) < 4.78 is 10.9. The molecule has 23 heavy (non-hydrogen) atoms. The minimum Gasteiger partial charge on any atom is -0.468 e. The van der Waals surface area contributed by atoms with E-state index in [-0.39, 0.29) is 36.7 Å². The highest BCUT2D eigenvalue weighted by Crippen LogP contribution is 2.75. The summed E-state index contributed by atoms with van der Waals surface area (Å²) in [4.78, 5) is 38.5. The summed E-state index contributed by atoms with van der Waals surface area (Å²) in [5, 5.41) is 9.90. The Balaban J connectivity index is 2.39. The van der Waals surface area contributed by atoms with Crippen molar-refractivity contribution < 1.29 is 23.9 Å². The van der Waals surface area contributed by atoms with Crippen LogP contribution in [0.4, 0.5) is 0 Å². The summed E-state index contributed by atoms with van der Waals surface area (Å²) in [7, 11) is 2.68. The van der Waals surface area contributed by atoms with Crippen LogP contribution in [0, 0.1) is 39.9 Å². The molecule has 3 fully saturated rings. The van der Waals surface area contributed by atoms with E-state index in [1.807, 2.05) is 13.8 Å². The number of ether oxygens (including phenoxy) is 2. The number of Topliss-reactive ketones (excluding diaryl/α,β-unsaturated/α-hetero) is 2. The van der Waals surface area contributed by atoms with Gasteiger partial charge in [-0.15, -0.1) is 0 Å². The number of esters is 1. The molecule has 0 heterocycles. The van der Waals surface area contributed by atoms with E-state index in [1.54, 1.807) is 0 Å². The van der Waals surface area contributed by atoms with Crippen LogP contribution < -0.4 is 0 Å². The Morgan fingerprint density at radius 2 is 2.00 bits per heavy atom. The number of carbonyl (C=O) groups excluding carboxylic acids is 3. The van der Waals surface area contributed by atoms with Gasteiger partial charge in [0.25, 0.3) is 0 Å². The zero-order chi connectivity index (χ0) is 17.2. The van der Waals surface area contributed by atoms with Gasteiger partial charge in [0.15, 0.2) is 5.78 Å².